The number of nitrogens with zero attached hydrogens (tertiary/aromatic N) is 3. The molecule has 0 aliphatic carbocycles. The lowest BCUT2D eigenvalue weighted by molar-refractivity contribution is 0.257. The molecule has 0 bridgehead atoms. The summed E-state index contributed by atoms with van der Waals surface area (Å²) in [5, 5.41) is 3.02. The van der Waals surface area contributed by atoms with Gasteiger partial charge in [0.1, 0.15) is 0 Å². The van der Waals surface area contributed by atoms with Crippen LogP contribution in [0.15, 0.2) is 0 Å². The Morgan fingerprint density at radius 1 is 1.21 bits per heavy atom. The van der Waals surface area contributed by atoms with Crippen molar-refractivity contribution in [3.8, 4) is 0 Å². The van der Waals surface area contributed by atoms with E-state index in [0.717, 1.165) is 19.5 Å². The molecule has 1 N–H and O–H groups in total. The van der Waals surface area contributed by atoms with Crippen LogP contribution in [0.2, 0.25) is 0 Å². The molecule has 116 valence electrons. The molecule has 6 nitrogen and oxygen atoms in total. The van der Waals surface area contributed by atoms with E-state index in [1.165, 1.54) is 4.31 Å². The number of rotatable bonds is 10. The van der Waals surface area contributed by atoms with Gasteiger partial charge in [-0.3, -0.25) is 0 Å². The third-order valence-electron chi connectivity index (χ3n) is 3.02. The lowest BCUT2D eigenvalue weighted by Crippen LogP contribution is -2.49. The van der Waals surface area contributed by atoms with Gasteiger partial charge in [-0.25, -0.2) is 0 Å². The minimum atomic E-state index is -3.36. The maximum atomic E-state index is 12.5. The van der Waals surface area contributed by atoms with Gasteiger partial charge in [0, 0.05) is 32.7 Å². The zero-order valence-electron chi connectivity index (χ0n) is 13.2. The van der Waals surface area contributed by atoms with Crippen molar-refractivity contribution < 1.29 is 8.42 Å². The molecule has 0 aromatic carbocycles. The van der Waals surface area contributed by atoms with Crippen molar-refractivity contribution in [1.29, 1.82) is 0 Å². The van der Waals surface area contributed by atoms with Crippen molar-refractivity contribution in [2.45, 2.75) is 26.3 Å². The van der Waals surface area contributed by atoms with Gasteiger partial charge >= 0.3 is 0 Å². The predicted molar refractivity (Wildman–Crippen MR) is 80.5 cm³/mol. The van der Waals surface area contributed by atoms with E-state index in [-0.39, 0.29) is 6.04 Å². The van der Waals surface area contributed by atoms with Crippen LogP contribution >= 0.6 is 0 Å². The first-order chi connectivity index (χ1) is 8.77. The fourth-order valence-electron chi connectivity index (χ4n) is 2.09. The standard InChI is InChI=1S/C12H30N4O2S/c1-7-16(12(2)11-14(4)5)19(17,18)15(6)10-8-9-13-3/h12-13H,7-11H2,1-6H3. The Kier molecular flexibility index (Phi) is 8.76. The molecule has 1 unspecified atom stereocenters. The molecule has 0 heterocycles. The summed E-state index contributed by atoms with van der Waals surface area (Å²) in [5.74, 6) is 0. The van der Waals surface area contributed by atoms with Crippen LogP contribution in [-0.2, 0) is 10.2 Å². The monoisotopic (exact) mass is 294 g/mol. The highest BCUT2D eigenvalue weighted by Gasteiger charge is 2.29. The van der Waals surface area contributed by atoms with Gasteiger partial charge in [0.2, 0.25) is 0 Å². The summed E-state index contributed by atoms with van der Waals surface area (Å²) in [6.07, 6.45) is 0.811. The Hall–Kier alpha value is -0.210. The summed E-state index contributed by atoms with van der Waals surface area (Å²) in [7, 11) is 4.06. The van der Waals surface area contributed by atoms with E-state index >= 15 is 0 Å². The van der Waals surface area contributed by atoms with Crippen molar-refractivity contribution in [3.63, 3.8) is 0 Å². The van der Waals surface area contributed by atoms with Crippen LogP contribution < -0.4 is 5.32 Å². The lowest BCUT2D eigenvalue weighted by Gasteiger charge is -2.32. The van der Waals surface area contributed by atoms with E-state index in [1.54, 1.807) is 11.4 Å². The van der Waals surface area contributed by atoms with Crippen LogP contribution in [0.1, 0.15) is 20.3 Å². The molecule has 0 aliphatic rings. The molecule has 0 saturated carbocycles. The average molecular weight is 294 g/mol. The summed E-state index contributed by atoms with van der Waals surface area (Å²) in [5.41, 5.74) is 0. The topological polar surface area (TPSA) is 55.9 Å². The molecule has 0 saturated heterocycles. The highest BCUT2D eigenvalue weighted by molar-refractivity contribution is 7.86. The van der Waals surface area contributed by atoms with Crippen LogP contribution in [0, 0.1) is 0 Å². The highest BCUT2D eigenvalue weighted by Crippen LogP contribution is 2.11. The van der Waals surface area contributed by atoms with Gasteiger partial charge in [-0.05, 0) is 41.0 Å². The molecular weight excluding hydrogens is 264 g/mol. The van der Waals surface area contributed by atoms with Crippen LogP contribution in [0.3, 0.4) is 0 Å². The van der Waals surface area contributed by atoms with Crippen LogP contribution in [0.25, 0.3) is 0 Å². The molecule has 0 aliphatic heterocycles. The van der Waals surface area contributed by atoms with Crippen LogP contribution in [-0.4, -0.2) is 82.3 Å². The van der Waals surface area contributed by atoms with E-state index in [9.17, 15) is 8.42 Å². The predicted octanol–water partition coefficient (Wildman–Crippen LogP) is 0.0445. The summed E-state index contributed by atoms with van der Waals surface area (Å²) in [4.78, 5) is 2.00. The summed E-state index contributed by atoms with van der Waals surface area (Å²) >= 11 is 0. The normalized spacial score (nSPS) is 14.6. The van der Waals surface area contributed by atoms with Gasteiger partial charge in [0.05, 0.1) is 0 Å². The van der Waals surface area contributed by atoms with E-state index in [2.05, 4.69) is 5.32 Å². The molecular formula is C12H30N4O2S. The Morgan fingerprint density at radius 3 is 2.21 bits per heavy atom. The van der Waals surface area contributed by atoms with Crippen molar-refractivity contribution in [1.82, 2.24) is 18.8 Å². The SMILES string of the molecule is CCN(C(C)CN(C)C)S(=O)(=O)N(C)CCCNC. The Labute approximate surface area is 118 Å². The van der Waals surface area contributed by atoms with Crippen molar-refractivity contribution in [3.05, 3.63) is 0 Å². The van der Waals surface area contributed by atoms with Crippen LogP contribution in [0.5, 0.6) is 0 Å². The van der Waals surface area contributed by atoms with E-state index in [4.69, 9.17) is 0 Å². The van der Waals surface area contributed by atoms with Gasteiger partial charge in [0.25, 0.3) is 10.2 Å². The first-order valence-corrected chi connectivity index (χ1v) is 8.19. The first kappa shape index (κ1) is 18.8. The Bertz CT molecular complexity index is 333. The number of hydrogen-bond donors (Lipinski definition) is 1. The third kappa shape index (κ3) is 6.18. The molecule has 0 spiro atoms. The fourth-order valence-corrected chi connectivity index (χ4v) is 3.66. The molecule has 0 fully saturated rings. The molecule has 0 aromatic heterocycles. The van der Waals surface area contributed by atoms with Gasteiger partial charge in [0.15, 0.2) is 0 Å². The number of likely N-dealkylation sites (N-methyl/N-ethyl adjacent to an activating group) is 2. The second-order valence-electron chi connectivity index (χ2n) is 5.10. The fraction of sp³-hybridized carbons (Fsp3) is 1.00. The van der Waals surface area contributed by atoms with Gasteiger partial charge in [-0.1, -0.05) is 6.92 Å². The molecule has 0 aromatic rings. The molecule has 19 heavy (non-hydrogen) atoms. The summed E-state index contributed by atoms with van der Waals surface area (Å²) in [6, 6.07) is -0.0308. The van der Waals surface area contributed by atoms with E-state index < -0.39 is 10.2 Å². The molecule has 7 heteroatoms. The zero-order chi connectivity index (χ0) is 15.1. The average Bonchev–Trinajstić information content (AvgIpc) is 2.28. The second-order valence-corrected chi connectivity index (χ2v) is 7.09. The van der Waals surface area contributed by atoms with Crippen molar-refractivity contribution in [2.24, 2.45) is 0 Å². The van der Waals surface area contributed by atoms with Crippen molar-refractivity contribution >= 4 is 10.2 Å². The van der Waals surface area contributed by atoms with Gasteiger partial charge in [-0.15, -0.1) is 0 Å². The van der Waals surface area contributed by atoms with Crippen molar-refractivity contribution in [2.75, 3.05) is 54.4 Å². The van der Waals surface area contributed by atoms with E-state index in [0.29, 0.717) is 13.1 Å². The molecule has 1 atom stereocenters. The van der Waals surface area contributed by atoms with E-state index in [1.807, 2.05) is 39.9 Å². The largest absolute Gasteiger partial charge is 0.320 e. The Balaban J connectivity index is 4.72. The van der Waals surface area contributed by atoms with Crippen LogP contribution in [0.4, 0.5) is 0 Å². The van der Waals surface area contributed by atoms with Gasteiger partial charge < -0.3 is 10.2 Å². The minimum Gasteiger partial charge on any atom is -0.320 e. The quantitative estimate of drug-likeness (QED) is 0.578. The number of nitrogens with one attached hydrogen (secondary N) is 1. The number of hydrogen-bond acceptors (Lipinski definition) is 4. The third-order valence-corrected chi connectivity index (χ3v) is 5.20. The molecule has 0 amide bonds. The zero-order valence-corrected chi connectivity index (χ0v) is 14.0. The maximum Gasteiger partial charge on any atom is 0.282 e. The summed E-state index contributed by atoms with van der Waals surface area (Å²) in [6.45, 7) is 6.40. The van der Waals surface area contributed by atoms with Gasteiger partial charge in [-0.2, -0.15) is 17.0 Å². The highest BCUT2D eigenvalue weighted by atomic mass is 32.2. The maximum absolute atomic E-state index is 12.5. The smallest absolute Gasteiger partial charge is 0.282 e. The first-order valence-electron chi connectivity index (χ1n) is 6.79. The molecule has 0 rings (SSSR count). The minimum absolute atomic E-state index is 0.0308. The summed E-state index contributed by atoms with van der Waals surface area (Å²) < 4.78 is 28.0. The lowest BCUT2D eigenvalue weighted by atomic mass is 10.3. The second kappa shape index (κ2) is 8.86. The Morgan fingerprint density at radius 2 is 1.79 bits per heavy atom. The molecule has 0 radical (unpaired) electrons.